The van der Waals surface area contributed by atoms with Crippen molar-refractivity contribution < 1.29 is 4.74 Å². The van der Waals surface area contributed by atoms with Crippen LogP contribution in [0.5, 0.6) is 0 Å². The SMILES string of the molecule is COCCn1c(CBr)nnc1CC(C)C(C)(C)C. The minimum atomic E-state index is 0.284. The number of hydrogen-bond acceptors (Lipinski definition) is 3. The second-order valence-corrected chi connectivity index (χ2v) is 6.34. The quantitative estimate of drug-likeness (QED) is 0.757. The van der Waals surface area contributed by atoms with E-state index < -0.39 is 0 Å². The maximum atomic E-state index is 5.15. The predicted molar refractivity (Wildman–Crippen MR) is 76.9 cm³/mol. The predicted octanol–water partition coefficient (Wildman–Crippen LogP) is 3.04. The average molecular weight is 318 g/mol. The van der Waals surface area contributed by atoms with Crippen LogP contribution in [0.1, 0.15) is 39.3 Å². The van der Waals surface area contributed by atoms with E-state index >= 15 is 0 Å². The van der Waals surface area contributed by atoms with E-state index in [4.69, 9.17) is 4.74 Å². The minimum Gasteiger partial charge on any atom is -0.383 e. The molecule has 0 aliphatic heterocycles. The van der Waals surface area contributed by atoms with Crippen molar-refractivity contribution in [2.75, 3.05) is 13.7 Å². The second kappa shape index (κ2) is 6.66. The number of halogens is 1. The third-order valence-electron chi connectivity index (χ3n) is 3.51. The van der Waals surface area contributed by atoms with Crippen LogP contribution in [0.4, 0.5) is 0 Å². The highest BCUT2D eigenvalue weighted by molar-refractivity contribution is 9.08. The van der Waals surface area contributed by atoms with Gasteiger partial charge in [0.25, 0.3) is 0 Å². The summed E-state index contributed by atoms with van der Waals surface area (Å²) in [6.07, 6.45) is 0.952. The van der Waals surface area contributed by atoms with Gasteiger partial charge in [0.05, 0.1) is 11.9 Å². The standard InChI is InChI=1S/C13H24BrN3O/c1-10(13(2,3)4)8-11-15-16-12(9-14)17(11)6-7-18-5/h10H,6-9H2,1-5H3. The molecule has 0 bridgehead atoms. The summed E-state index contributed by atoms with van der Waals surface area (Å²) in [5, 5.41) is 9.28. The summed E-state index contributed by atoms with van der Waals surface area (Å²) in [4.78, 5) is 0. The van der Waals surface area contributed by atoms with Crippen LogP contribution in [0.2, 0.25) is 0 Å². The first-order valence-corrected chi connectivity index (χ1v) is 7.48. The van der Waals surface area contributed by atoms with E-state index in [1.807, 2.05) is 0 Å². The Morgan fingerprint density at radius 3 is 2.39 bits per heavy atom. The largest absolute Gasteiger partial charge is 0.383 e. The lowest BCUT2D eigenvalue weighted by molar-refractivity contribution is 0.184. The van der Waals surface area contributed by atoms with Crippen LogP contribution >= 0.6 is 15.9 Å². The molecule has 0 fully saturated rings. The first kappa shape index (κ1) is 15.6. The van der Waals surface area contributed by atoms with Gasteiger partial charge in [0.1, 0.15) is 11.6 Å². The summed E-state index contributed by atoms with van der Waals surface area (Å²) in [6.45, 7) is 10.6. The molecule has 1 unspecified atom stereocenters. The van der Waals surface area contributed by atoms with Gasteiger partial charge in [-0.05, 0) is 11.3 Å². The molecular formula is C13H24BrN3O. The van der Waals surface area contributed by atoms with E-state index in [9.17, 15) is 0 Å². The zero-order valence-electron chi connectivity index (χ0n) is 12.0. The topological polar surface area (TPSA) is 39.9 Å². The average Bonchev–Trinajstić information content (AvgIpc) is 2.67. The number of methoxy groups -OCH3 is 1. The smallest absolute Gasteiger partial charge is 0.143 e. The molecule has 1 heterocycles. The van der Waals surface area contributed by atoms with Crippen molar-refractivity contribution in [3.05, 3.63) is 11.6 Å². The van der Waals surface area contributed by atoms with E-state index in [0.717, 1.165) is 29.9 Å². The lowest BCUT2D eigenvalue weighted by Gasteiger charge is -2.27. The summed E-state index contributed by atoms with van der Waals surface area (Å²) in [6, 6.07) is 0. The third kappa shape index (κ3) is 4.05. The van der Waals surface area contributed by atoms with Crippen molar-refractivity contribution in [2.45, 2.75) is 46.0 Å². The van der Waals surface area contributed by atoms with Gasteiger partial charge in [-0.2, -0.15) is 0 Å². The Morgan fingerprint density at radius 2 is 1.89 bits per heavy atom. The lowest BCUT2D eigenvalue weighted by Crippen LogP contribution is -2.22. The van der Waals surface area contributed by atoms with Crippen molar-refractivity contribution in [2.24, 2.45) is 11.3 Å². The van der Waals surface area contributed by atoms with Gasteiger partial charge in [-0.1, -0.05) is 43.6 Å². The molecule has 0 aromatic carbocycles. The van der Waals surface area contributed by atoms with Crippen molar-refractivity contribution in [3.8, 4) is 0 Å². The fraction of sp³-hybridized carbons (Fsp3) is 0.846. The molecule has 4 nitrogen and oxygen atoms in total. The van der Waals surface area contributed by atoms with Crippen LogP contribution in [0, 0.1) is 11.3 Å². The second-order valence-electron chi connectivity index (χ2n) is 5.78. The summed E-state index contributed by atoms with van der Waals surface area (Å²) in [5.41, 5.74) is 0.284. The van der Waals surface area contributed by atoms with Crippen LogP contribution in [0.15, 0.2) is 0 Å². The Morgan fingerprint density at radius 1 is 1.28 bits per heavy atom. The van der Waals surface area contributed by atoms with Crippen LogP contribution in [-0.2, 0) is 23.0 Å². The van der Waals surface area contributed by atoms with E-state index in [1.54, 1.807) is 7.11 Å². The zero-order chi connectivity index (χ0) is 13.8. The first-order chi connectivity index (χ1) is 8.40. The highest BCUT2D eigenvalue weighted by atomic mass is 79.9. The monoisotopic (exact) mass is 317 g/mol. The number of ether oxygens (including phenoxy) is 1. The molecule has 0 N–H and O–H groups in total. The molecule has 0 radical (unpaired) electrons. The van der Waals surface area contributed by atoms with Crippen molar-refractivity contribution in [1.29, 1.82) is 0 Å². The van der Waals surface area contributed by atoms with Crippen LogP contribution in [-0.4, -0.2) is 28.5 Å². The summed E-state index contributed by atoms with van der Waals surface area (Å²) in [7, 11) is 1.72. The Labute approximate surface area is 118 Å². The molecule has 0 amide bonds. The molecule has 0 aliphatic carbocycles. The Bertz CT molecular complexity index is 371. The number of nitrogens with zero attached hydrogens (tertiary/aromatic N) is 3. The van der Waals surface area contributed by atoms with Crippen LogP contribution in [0.3, 0.4) is 0 Å². The van der Waals surface area contributed by atoms with Crippen LogP contribution < -0.4 is 0 Å². The minimum absolute atomic E-state index is 0.284. The van der Waals surface area contributed by atoms with Gasteiger partial charge in [0, 0.05) is 20.1 Å². The highest BCUT2D eigenvalue weighted by Crippen LogP contribution is 2.28. The summed E-state index contributed by atoms with van der Waals surface area (Å²) in [5.74, 6) is 2.60. The number of aromatic nitrogens is 3. The normalized spacial score (nSPS) is 13.9. The van der Waals surface area contributed by atoms with Gasteiger partial charge in [0.2, 0.25) is 0 Å². The van der Waals surface area contributed by atoms with Crippen molar-refractivity contribution in [3.63, 3.8) is 0 Å². The molecule has 0 saturated heterocycles. The van der Waals surface area contributed by atoms with Gasteiger partial charge in [-0.25, -0.2) is 0 Å². The van der Waals surface area contributed by atoms with Crippen molar-refractivity contribution >= 4 is 15.9 Å². The molecular weight excluding hydrogens is 294 g/mol. The van der Waals surface area contributed by atoms with Gasteiger partial charge in [0.15, 0.2) is 0 Å². The molecule has 1 rings (SSSR count). The zero-order valence-corrected chi connectivity index (χ0v) is 13.6. The first-order valence-electron chi connectivity index (χ1n) is 6.36. The lowest BCUT2D eigenvalue weighted by atomic mass is 9.80. The molecule has 104 valence electrons. The third-order valence-corrected chi connectivity index (χ3v) is 4.01. The van der Waals surface area contributed by atoms with E-state index in [1.165, 1.54) is 0 Å². The molecule has 0 saturated carbocycles. The summed E-state index contributed by atoms with van der Waals surface area (Å²) >= 11 is 3.46. The molecule has 5 heteroatoms. The Hall–Kier alpha value is -0.420. The molecule has 1 aromatic rings. The fourth-order valence-electron chi connectivity index (χ4n) is 1.64. The van der Waals surface area contributed by atoms with Gasteiger partial charge in [-0.3, -0.25) is 0 Å². The van der Waals surface area contributed by atoms with E-state index in [2.05, 4.69) is 58.4 Å². The highest BCUT2D eigenvalue weighted by Gasteiger charge is 2.23. The summed E-state index contributed by atoms with van der Waals surface area (Å²) < 4.78 is 7.32. The van der Waals surface area contributed by atoms with Gasteiger partial charge in [-0.15, -0.1) is 10.2 Å². The Balaban J connectivity index is 2.84. The fourth-order valence-corrected chi connectivity index (χ4v) is 2.06. The maximum Gasteiger partial charge on any atom is 0.143 e. The number of rotatable bonds is 6. The molecule has 18 heavy (non-hydrogen) atoms. The molecule has 1 aromatic heterocycles. The Kier molecular flexibility index (Phi) is 5.79. The van der Waals surface area contributed by atoms with E-state index in [0.29, 0.717) is 12.5 Å². The van der Waals surface area contributed by atoms with Crippen LogP contribution in [0.25, 0.3) is 0 Å². The molecule has 0 aliphatic rings. The number of hydrogen-bond donors (Lipinski definition) is 0. The van der Waals surface area contributed by atoms with E-state index in [-0.39, 0.29) is 5.41 Å². The number of alkyl halides is 1. The van der Waals surface area contributed by atoms with Gasteiger partial charge >= 0.3 is 0 Å². The van der Waals surface area contributed by atoms with Crippen molar-refractivity contribution in [1.82, 2.24) is 14.8 Å². The molecule has 1 atom stereocenters. The molecule has 0 spiro atoms. The maximum absolute atomic E-state index is 5.15. The van der Waals surface area contributed by atoms with Gasteiger partial charge < -0.3 is 9.30 Å².